The van der Waals surface area contributed by atoms with Crippen LogP contribution in [-0.4, -0.2) is 33.1 Å². The number of nitrogens with zero attached hydrogens (tertiary/aromatic N) is 3. The van der Waals surface area contributed by atoms with E-state index >= 15 is 0 Å². The minimum atomic E-state index is -0.594. The Morgan fingerprint density at radius 1 is 1.10 bits per heavy atom. The number of amides is 1. The first-order valence-electron chi connectivity index (χ1n) is 11.0. The lowest BCUT2D eigenvalue weighted by molar-refractivity contribution is -0.142. The Morgan fingerprint density at radius 3 is 2.52 bits per heavy atom. The molecule has 1 aliphatic carbocycles. The molecule has 0 radical (unpaired) electrons. The average molecular weight is 420 g/mol. The Balaban J connectivity index is 1.51. The van der Waals surface area contributed by atoms with E-state index in [1.807, 2.05) is 66.4 Å². The highest BCUT2D eigenvalue weighted by Gasteiger charge is 2.31. The number of hydrogen-bond acceptors (Lipinski definition) is 5. The van der Waals surface area contributed by atoms with Crippen molar-refractivity contribution in [1.29, 1.82) is 0 Å². The van der Waals surface area contributed by atoms with E-state index < -0.39 is 6.10 Å². The Bertz CT molecular complexity index is 979. The van der Waals surface area contributed by atoms with Crippen molar-refractivity contribution in [3.05, 3.63) is 66.1 Å². The molecular formula is C25H29N3O3. The zero-order valence-electron chi connectivity index (χ0n) is 18.2. The number of benzene rings is 2. The van der Waals surface area contributed by atoms with Crippen LogP contribution in [0.5, 0.6) is 5.75 Å². The standard InChI is InChI=1S/C25H29N3O3/c1-18-13-15-20(16-14-18)24-26-23(31-27-24)17-28(21-9-5-3-6-10-21)25(29)19(2)30-22-11-7-4-8-12-22/h4,7-8,11-16,19,21H,3,5-6,9-10,17H2,1-2H3/t19-/m0/s1. The smallest absolute Gasteiger partial charge is 0.264 e. The second-order valence-electron chi connectivity index (χ2n) is 8.21. The summed E-state index contributed by atoms with van der Waals surface area (Å²) in [6, 6.07) is 17.6. The van der Waals surface area contributed by atoms with Crippen molar-refractivity contribution in [3.8, 4) is 17.1 Å². The predicted octanol–water partition coefficient (Wildman–Crippen LogP) is 5.17. The summed E-state index contributed by atoms with van der Waals surface area (Å²) in [4.78, 5) is 19.8. The Hall–Kier alpha value is -3.15. The van der Waals surface area contributed by atoms with Gasteiger partial charge in [-0.25, -0.2) is 0 Å². The molecule has 31 heavy (non-hydrogen) atoms. The largest absolute Gasteiger partial charge is 0.481 e. The maximum atomic E-state index is 13.4. The lowest BCUT2D eigenvalue weighted by Crippen LogP contribution is -2.46. The SMILES string of the molecule is Cc1ccc(-c2noc(CN(C(=O)[C@H](C)Oc3ccccc3)C3CCCCC3)n2)cc1. The molecule has 0 N–H and O–H groups in total. The van der Waals surface area contributed by atoms with Crippen LogP contribution in [0.4, 0.5) is 0 Å². The second-order valence-corrected chi connectivity index (χ2v) is 8.21. The first kappa shape index (κ1) is 21.1. The molecule has 0 saturated heterocycles. The molecule has 1 amide bonds. The van der Waals surface area contributed by atoms with Crippen LogP contribution in [-0.2, 0) is 11.3 Å². The first-order chi connectivity index (χ1) is 15.1. The van der Waals surface area contributed by atoms with Crippen LogP contribution in [0, 0.1) is 6.92 Å². The number of carbonyl (C=O) groups is 1. The second kappa shape index (κ2) is 9.77. The number of hydrogen-bond donors (Lipinski definition) is 0. The molecule has 1 atom stereocenters. The van der Waals surface area contributed by atoms with Crippen LogP contribution in [0.15, 0.2) is 59.1 Å². The van der Waals surface area contributed by atoms with Gasteiger partial charge < -0.3 is 14.2 Å². The molecule has 1 aromatic heterocycles. The van der Waals surface area contributed by atoms with Gasteiger partial charge in [-0.1, -0.05) is 72.4 Å². The Labute approximate surface area is 183 Å². The Morgan fingerprint density at radius 2 is 1.81 bits per heavy atom. The average Bonchev–Trinajstić information content (AvgIpc) is 3.27. The molecule has 4 rings (SSSR count). The number of para-hydroxylation sites is 1. The summed E-state index contributed by atoms with van der Waals surface area (Å²) < 4.78 is 11.4. The van der Waals surface area contributed by atoms with Crippen molar-refractivity contribution in [2.24, 2.45) is 0 Å². The van der Waals surface area contributed by atoms with E-state index in [0.717, 1.165) is 31.2 Å². The molecule has 162 valence electrons. The van der Waals surface area contributed by atoms with E-state index in [1.165, 1.54) is 12.0 Å². The maximum absolute atomic E-state index is 13.4. The van der Waals surface area contributed by atoms with Crippen molar-refractivity contribution in [2.45, 2.75) is 64.6 Å². The molecule has 1 saturated carbocycles. The van der Waals surface area contributed by atoms with E-state index in [9.17, 15) is 4.79 Å². The molecule has 2 aromatic carbocycles. The van der Waals surface area contributed by atoms with E-state index in [0.29, 0.717) is 24.0 Å². The van der Waals surface area contributed by atoms with Gasteiger partial charge in [-0.15, -0.1) is 0 Å². The zero-order valence-corrected chi connectivity index (χ0v) is 18.2. The van der Waals surface area contributed by atoms with E-state index in [1.54, 1.807) is 6.92 Å². The van der Waals surface area contributed by atoms with Gasteiger partial charge in [0.05, 0.1) is 0 Å². The minimum absolute atomic E-state index is 0.0501. The van der Waals surface area contributed by atoms with Crippen LogP contribution >= 0.6 is 0 Å². The number of aryl methyl sites for hydroxylation is 1. The fourth-order valence-corrected chi connectivity index (χ4v) is 4.05. The summed E-state index contributed by atoms with van der Waals surface area (Å²) >= 11 is 0. The highest BCUT2D eigenvalue weighted by Crippen LogP contribution is 2.26. The Kier molecular flexibility index (Phi) is 6.65. The van der Waals surface area contributed by atoms with Crippen molar-refractivity contribution in [3.63, 3.8) is 0 Å². The summed E-state index contributed by atoms with van der Waals surface area (Å²) in [5, 5.41) is 4.13. The highest BCUT2D eigenvalue weighted by atomic mass is 16.5. The molecule has 1 aliphatic rings. The lowest BCUT2D eigenvalue weighted by atomic mass is 9.94. The molecule has 1 fully saturated rings. The minimum Gasteiger partial charge on any atom is -0.481 e. The first-order valence-corrected chi connectivity index (χ1v) is 11.0. The van der Waals surface area contributed by atoms with Gasteiger partial charge in [0, 0.05) is 11.6 Å². The van der Waals surface area contributed by atoms with Crippen molar-refractivity contribution < 1.29 is 14.1 Å². The van der Waals surface area contributed by atoms with Gasteiger partial charge in [0.1, 0.15) is 12.3 Å². The highest BCUT2D eigenvalue weighted by molar-refractivity contribution is 5.81. The van der Waals surface area contributed by atoms with Gasteiger partial charge in [0.25, 0.3) is 5.91 Å². The van der Waals surface area contributed by atoms with Gasteiger partial charge >= 0.3 is 0 Å². The van der Waals surface area contributed by atoms with Crippen molar-refractivity contribution >= 4 is 5.91 Å². The normalized spacial score (nSPS) is 15.4. The molecular weight excluding hydrogens is 390 g/mol. The third-order valence-corrected chi connectivity index (χ3v) is 5.79. The number of ether oxygens (including phenoxy) is 1. The summed E-state index contributed by atoms with van der Waals surface area (Å²) in [6.07, 6.45) is 4.85. The zero-order chi connectivity index (χ0) is 21.6. The lowest BCUT2D eigenvalue weighted by Gasteiger charge is -2.35. The van der Waals surface area contributed by atoms with Crippen LogP contribution in [0.3, 0.4) is 0 Å². The molecule has 3 aromatic rings. The number of aromatic nitrogens is 2. The topological polar surface area (TPSA) is 68.5 Å². The fourth-order valence-electron chi connectivity index (χ4n) is 4.05. The fraction of sp³-hybridized carbons (Fsp3) is 0.400. The van der Waals surface area contributed by atoms with Gasteiger partial charge in [-0.05, 0) is 38.8 Å². The summed E-state index contributed by atoms with van der Waals surface area (Å²) in [7, 11) is 0. The third-order valence-electron chi connectivity index (χ3n) is 5.79. The maximum Gasteiger partial charge on any atom is 0.264 e. The van der Waals surface area contributed by atoms with Crippen LogP contribution in [0.1, 0.15) is 50.5 Å². The molecule has 6 heteroatoms. The summed E-state index contributed by atoms with van der Waals surface area (Å²) in [5.74, 6) is 1.62. The van der Waals surface area contributed by atoms with Crippen LogP contribution in [0.25, 0.3) is 11.4 Å². The summed E-state index contributed by atoms with van der Waals surface area (Å²) in [6.45, 7) is 4.14. The number of carbonyl (C=O) groups excluding carboxylic acids is 1. The van der Waals surface area contributed by atoms with E-state index in [4.69, 9.17) is 9.26 Å². The van der Waals surface area contributed by atoms with Gasteiger partial charge in [-0.2, -0.15) is 4.98 Å². The quantitative estimate of drug-likeness (QED) is 0.528. The van der Waals surface area contributed by atoms with Crippen molar-refractivity contribution in [1.82, 2.24) is 15.0 Å². The van der Waals surface area contributed by atoms with E-state index in [2.05, 4.69) is 10.1 Å². The van der Waals surface area contributed by atoms with Gasteiger partial charge in [-0.3, -0.25) is 4.79 Å². The number of rotatable bonds is 7. The van der Waals surface area contributed by atoms with E-state index in [-0.39, 0.29) is 11.9 Å². The molecule has 0 spiro atoms. The van der Waals surface area contributed by atoms with Crippen LogP contribution < -0.4 is 4.74 Å². The summed E-state index contributed by atoms with van der Waals surface area (Å²) in [5.41, 5.74) is 2.07. The predicted molar refractivity (Wildman–Crippen MR) is 118 cm³/mol. The molecule has 0 unspecified atom stereocenters. The van der Waals surface area contributed by atoms with Gasteiger partial charge in [0.15, 0.2) is 6.10 Å². The third kappa shape index (κ3) is 5.32. The molecule has 1 heterocycles. The van der Waals surface area contributed by atoms with Crippen LogP contribution in [0.2, 0.25) is 0 Å². The molecule has 0 aliphatic heterocycles. The van der Waals surface area contributed by atoms with Gasteiger partial charge in [0.2, 0.25) is 11.7 Å². The monoisotopic (exact) mass is 419 g/mol. The van der Waals surface area contributed by atoms with Crippen molar-refractivity contribution in [2.75, 3.05) is 0 Å². The molecule has 6 nitrogen and oxygen atoms in total. The molecule has 0 bridgehead atoms.